The van der Waals surface area contributed by atoms with E-state index in [1.807, 2.05) is 36.6 Å². The van der Waals surface area contributed by atoms with Crippen molar-refractivity contribution in [2.24, 2.45) is 0 Å². The van der Waals surface area contributed by atoms with Crippen molar-refractivity contribution in [2.75, 3.05) is 5.73 Å². The Hall–Kier alpha value is -1.81. The van der Waals surface area contributed by atoms with Gasteiger partial charge in [0.25, 0.3) is 0 Å². The van der Waals surface area contributed by atoms with Crippen LogP contribution in [0.1, 0.15) is 5.56 Å². The van der Waals surface area contributed by atoms with Gasteiger partial charge in [-0.25, -0.2) is 4.98 Å². The average Bonchev–Trinajstić information content (AvgIpc) is 2.84. The first-order valence-corrected chi connectivity index (χ1v) is 5.83. The second-order valence-corrected chi connectivity index (χ2v) is 4.51. The number of rotatable bonds is 1. The van der Waals surface area contributed by atoms with Gasteiger partial charge in [0.2, 0.25) is 0 Å². The van der Waals surface area contributed by atoms with E-state index in [4.69, 9.17) is 10.2 Å². The highest BCUT2D eigenvalue weighted by atomic mass is 32.1. The number of thiazole rings is 1. The van der Waals surface area contributed by atoms with Crippen LogP contribution < -0.4 is 5.73 Å². The van der Waals surface area contributed by atoms with Gasteiger partial charge in [-0.3, -0.25) is 0 Å². The van der Waals surface area contributed by atoms with Crippen LogP contribution in [-0.2, 0) is 0 Å². The lowest BCUT2D eigenvalue weighted by Crippen LogP contribution is -1.82. The third-order valence-corrected chi connectivity index (χ3v) is 3.27. The molecule has 2 heterocycles. The fourth-order valence-electron chi connectivity index (χ4n) is 1.81. The largest absolute Gasteiger partial charge is 0.454 e. The standard InChI is InChI=1S/C12H10N2OS/c1-7-8-4-2-3-5-10(8)15-11(7)9-6-16-12(13)14-9/h2-6H,1H3,(H2,13,14). The molecule has 0 bridgehead atoms. The van der Waals surface area contributed by atoms with Gasteiger partial charge in [0.05, 0.1) is 0 Å². The van der Waals surface area contributed by atoms with Crippen molar-refractivity contribution in [1.29, 1.82) is 0 Å². The fourth-order valence-corrected chi connectivity index (χ4v) is 2.35. The molecule has 0 spiro atoms. The van der Waals surface area contributed by atoms with Gasteiger partial charge >= 0.3 is 0 Å². The van der Waals surface area contributed by atoms with Gasteiger partial charge in [-0.05, 0) is 13.0 Å². The van der Waals surface area contributed by atoms with E-state index in [9.17, 15) is 0 Å². The van der Waals surface area contributed by atoms with E-state index in [1.54, 1.807) is 0 Å². The van der Waals surface area contributed by atoms with Gasteiger partial charge in [-0.15, -0.1) is 11.3 Å². The van der Waals surface area contributed by atoms with Crippen LogP contribution in [0.25, 0.3) is 22.4 Å². The summed E-state index contributed by atoms with van der Waals surface area (Å²) in [4.78, 5) is 4.24. The number of aromatic nitrogens is 1. The van der Waals surface area contributed by atoms with Crippen molar-refractivity contribution >= 4 is 27.4 Å². The molecule has 1 aromatic carbocycles. The molecule has 0 radical (unpaired) electrons. The van der Waals surface area contributed by atoms with Crippen LogP contribution in [0.3, 0.4) is 0 Å². The molecule has 16 heavy (non-hydrogen) atoms. The summed E-state index contributed by atoms with van der Waals surface area (Å²) in [6, 6.07) is 7.98. The van der Waals surface area contributed by atoms with E-state index in [2.05, 4.69) is 4.98 Å². The Kier molecular flexibility index (Phi) is 1.97. The van der Waals surface area contributed by atoms with Gasteiger partial charge in [0, 0.05) is 16.3 Å². The summed E-state index contributed by atoms with van der Waals surface area (Å²) in [6.07, 6.45) is 0. The molecule has 80 valence electrons. The minimum atomic E-state index is 0.565. The minimum absolute atomic E-state index is 0.565. The number of nitrogens with two attached hydrogens (primary N) is 1. The number of fused-ring (bicyclic) bond motifs is 1. The fraction of sp³-hybridized carbons (Fsp3) is 0.0833. The molecule has 2 aromatic heterocycles. The SMILES string of the molecule is Cc1c(-c2csc(N)n2)oc2ccccc12. The highest BCUT2D eigenvalue weighted by Crippen LogP contribution is 2.33. The maximum atomic E-state index is 5.79. The van der Waals surface area contributed by atoms with E-state index in [0.29, 0.717) is 5.13 Å². The zero-order valence-electron chi connectivity index (χ0n) is 8.73. The van der Waals surface area contributed by atoms with Crippen LogP contribution in [0.5, 0.6) is 0 Å². The molecule has 0 amide bonds. The van der Waals surface area contributed by atoms with Crippen molar-refractivity contribution in [3.05, 3.63) is 35.2 Å². The third-order valence-electron chi connectivity index (χ3n) is 2.60. The normalized spacial score (nSPS) is 11.1. The van der Waals surface area contributed by atoms with Crippen LogP contribution in [0, 0.1) is 6.92 Å². The Morgan fingerprint density at radius 3 is 2.81 bits per heavy atom. The van der Waals surface area contributed by atoms with Gasteiger partial charge in [0.15, 0.2) is 10.9 Å². The predicted octanol–water partition coefficient (Wildman–Crippen LogP) is 3.45. The summed E-state index contributed by atoms with van der Waals surface area (Å²) in [7, 11) is 0. The topological polar surface area (TPSA) is 52.0 Å². The molecule has 0 saturated heterocycles. The first-order valence-electron chi connectivity index (χ1n) is 4.95. The molecule has 3 aromatic rings. The second-order valence-electron chi connectivity index (χ2n) is 3.62. The number of hydrogen-bond donors (Lipinski definition) is 1. The van der Waals surface area contributed by atoms with E-state index >= 15 is 0 Å². The average molecular weight is 230 g/mol. The maximum Gasteiger partial charge on any atom is 0.180 e. The summed E-state index contributed by atoms with van der Waals surface area (Å²) in [5, 5.41) is 3.61. The summed E-state index contributed by atoms with van der Waals surface area (Å²) in [5.41, 5.74) is 8.44. The molecule has 3 nitrogen and oxygen atoms in total. The van der Waals surface area contributed by atoms with Crippen molar-refractivity contribution in [3.63, 3.8) is 0 Å². The Morgan fingerprint density at radius 1 is 1.31 bits per heavy atom. The lowest BCUT2D eigenvalue weighted by atomic mass is 10.1. The van der Waals surface area contributed by atoms with Crippen molar-refractivity contribution in [3.8, 4) is 11.5 Å². The number of benzene rings is 1. The Morgan fingerprint density at radius 2 is 2.12 bits per heavy atom. The summed E-state index contributed by atoms with van der Waals surface area (Å²) in [5.74, 6) is 0.814. The smallest absolute Gasteiger partial charge is 0.180 e. The Balaban J connectivity index is 2.28. The first kappa shape index (κ1) is 9.42. The molecule has 0 saturated carbocycles. The van der Waals surface area contributed by atoms with Crippen LogP contribution in [0.15, 0.2) is 34.1 Å². The van der Waals surface area contributed by atoms with Crippen molar-refractivity contribution in [2.45, 2.75) is 6.92 Å². The third kappa shape index (κ3) is 1.31. The molecule has 0 fully saturated rings. The van der Waals surface area contributed by atoms with Gasteiger partial charge in [0.1, 0.15) is 11.3 Å². The number of anilines is 1. The molecule has 0 aliphatic heterocycles. The first-order chi connectivity index (χ1) is 7.75. The van der Waals surface area contributed by atoms with E-state index in [0.717, 1.165) is 28.0 Å². The Bertz CT molecular complexity index is 654. The zero-order valence-corrected chi connectivity index (χ0v) is 9.54. The van der Waals surface area contributed by atoms with Crippen LogP contribution >= 0.6 is 11.3 Å². The molecule has 4 heteroatoms. The van der Waals surface area contributed by atoms with Gasteiger partial charge in [-0.1, -0.05) is 18.2 Å². The monoisotopic (exact) mass is 230 g/mol. The number of para-hydroxylation sites is 1. The lowest BCUT2D eigenvalue weighted by Gasteiger charge is -1.91. The quantitative estimate of drug-likeness (QED) is 0.696. The van der Waals surface area contributed by atoms with Crippen LogP contribution in [0.2, 0.25) is 0 Å². The van der Waals surface area contributed by atoms with Gasteiger partial charge in [-0.2, -0.15) is 0 Å². The number of furan rings is 1. The summed E-state index contributed by atoms with van der Waals surface area (Å²) >= 11 is 1.42. The molecule has 3 rings (SSSR count). The van der Waals surface area contributed by atoms with Crippen molar-refractivity contribution in [1.82, 2.24) is 4.98 Å². The lowest BCUT2D eigenvalue weighted by molar-refractivity contribution is 0.627. The highest BCUT2D eigenvalue weighted by molar-refractivity contribution is 7.13. The number of aryl methyl sites for hydroxylation is 1. The predicted molar refractivity (Wildman–Crippen MR) is 66.5 cm³/mol. The van der Waals surface area contributed by atoms with Crippen molar-refractivity contribution < 1.29 is 4.42 Å². The summed E-state index contributed by atoms with van der Waals surface area (Å²) in [6.45, 7) is 2.04. The van der Waals surface area contributed by atoms with Gasteiger partial charge < -0.3 is 10.2 Å². The second kappa shape index (κ2) is 3.35. The minimum Gasteiger partial charge on any atom is -0.454 e. The van der Waals surface area contributed by atoms with Crippen LogP contribution in [0.4, 0.5) is 5.13 Å². The molecular weight excluding hydrogens is 220 g/mol. The zero-order chi connectivity index (χ0) is 11.1. The van der Waals surface area contributed by atoms with E-state index < -0.39 is 0 Å². The molecule has 0 aliphatic carbocycles. The molecule has 0 unspecified atom stereocenters. The van der Waals surface area contributed by atoms with Crippen LogP contribution in [-0.4, -0.2) is 4.98 Å². The highest BCUT2D eigenvalue weighted by Gasteiger charge is 2.13. The number of hydrogen-bond acceptors (Lipinski definition) is 4. The van der Waals surface area contributed by atoms with E-state index in [-0.39, 0.29) is 0 Å². The Labute approximate surface area is 96.5 Å². The molecular formula is C12H10N2OS. The molecule has 0 aliphatic rings. The van der Waals surface area contributed by atoms with E-state index in [1.165, 1.54) is 11.3 Å². The molecule has 2 N–H and O–H groups in total. The molecule has 0 atom stereocenters. The summed E-state index contributed by atoms with van der Waals surface area (Å²) < 4.78 is 5.79. The number of nitrogen functional groups attached to an aromatic ring is 1. The number of nitrogens with zero attached hydrogens (tertiary/aromatic N) is 1. The maximum absolute atomic E-state index is 5.79.